The third-order valence-corrected chi connectivity index (χ3v) is 6.77. The molecule has 1 aliphatic heterocycles. The molecule has 36 heavy (non-hydrogen) atoms. The maximum Gasteiger partial charge on any atom is 0.169 e. The van der Waals surface area contributed by atoms with E-state index in [4.69, 9.17) is 26.0 Å². The van der Waals surface area contributed by atoms with E-state index in [1.165, 1.54) is 0 Å². The van der Waals surface area contributed by atoms with Gasteiger partial charge in [0, 0.05) is 39.7 Å². The Kier molecular flexibility index (Phi) is 4.82. The molecule has 5 nitrogen and oxygen atoms in total. The van der Waals surface area contributed by atoms with Gasteiger partial charge in [-0.2, -0.15) is 0 Å². The van der Waals surface area contributed by atoms with E-state index in [0.717, 1.165) is 55.5 Å². The highest BCUT2D eigenvalue weighted by Gasteiger charge is 2.24. The van der Waals surface area contributed by atoms with Crippen molar-refractivity contribution < 1.29 is 4.42 Å². The van der Waals surface area contributed by atoms with Gasteiger partial charge in [-0.3, -0.25) is 4.98 Å². The predicted octanol–water partition coefficient (Wildman–Crippen LogP) is 7.28. The molecule has 1 atom stereocenters. The third-order valence-electron chi connectivity index (χ3n) is 6.47. The molecule has 6 heteroatoms. The van der Waals surface area contributed by atoms with Crippen molar-refractivity contribution in [1.82, 2.24) is 10.3 Å². The molecule has 0 amide bonds. The van der Waals surface area contributed by atoms with Gasteiger partial charge >= 0.3 is 0 Å². The standard InChI is InChI=1S/C30H19ClN4O/c31-24-12-11-22(26-23-15-20-13-14-32-17-21(20)16-25(23)36-27(24)26)30-34-28(18-7-3-1-4-8-18)33-29(35-30)19-9-5-2-6-10-19/h1-17,28H,(H,33,34,35). The van der Waals surface area contributed by atoms with Crippen LogP contribution < -0.4 is 5.32 Å². The first-order valence-corrected chi connectivity index (χ1v) is 12.0. The van der Waals surface area contributed by atoms with Crippen LogP contribution in [0.25, 0.3) is 32.7 Å². The smallest absolute Gasteiger partial charge is 0.169 e. The number of benzene rings is 4. The van der Waals surface area contributed by atoms with Crippen molar-refractivity contribution in [3.05, 3.63) is 125 Å². The summed E-state index contributed by atoms with van der Waals surface area (Å²) in [5.74, 6) is 1.48. The fourth-order valence-corrected chi connectivity index (χ4v) is 4.93. The van der Waals surface area contributed by atoms with Crippen LogP contribution in [0.3, 0.4) is 0 Å². The molecule has 172 valence electrons. The largest absolute Gasteiger partial charge is 0.454 e. The van der Waals surface area contributed by atoms with Crippen LogP contribution in [0.2, 0.25) is 5.02 Å². The van der Waals surface area contributed by atoms with E-state index in [-0.39, 0.29) is 6.17 Å². The molecule has 4 aromatic carbocycles. The van der Waals surface area contributed by atoms with Gasteiger partial charge in [0.2, 0.25) is 0 Å². The Bertz CT molecular complexity index is 1820. The first kappa shape index (κ1) is 20.9. The van der Waals surface area contributed by atoms with Crippen LogP contribution in [0.5, 0.6) is 0 Å². The van der Waals surface area contributed by atoms with E-state index in [0.29, 0.717) is 10.6 Å². The molecule has 2 aromatic heterocycles. The highest BCUT2D eigenvalue weighted by atomic mass is 35.5. The summed E-state index contributed by atoms with van der Waals surface area (Å²) in [7, 11) is 0. The van der Waals surface area contributed by atoms with Crippen molar-refractivity contribution >= 4 is 56.0 Å². The molecule has 7 rings (SSSR count). The Morgan fingerprint density at radius 3 is 2.39 bits per heavy atom. The number of nitrogens with one attached hydrogen (secondary N) is 1. The quantitative estimate of drug-likeness (QED) is 0.286. The number of nitrogens with zero attached hydrogens (tertiary/aromatic N) is 3. The zero-order valence-electron chi connectivity index (χ0n) is 19.0. The molecule has 0 spiro atoms. The van der Waals surface area contributed by atoms with Gasteiger partial charge in [0.05, 0.1) is 5.02 Å². The number of halogens is 1. The number of amidine groups is 2. The molecule has 1 unspecified atom stereocenters. The van der Waals surface area contributed by atoms with Gasteiger partial charge in [0.25, 0.3) is 0 Å². The van der Waals surface area contributed by atoms with Crippen molar-refractivity contribution in [2.24, 2.45) is 9.98 Å². The summed E-state index contributed by atoms with van der Waals surface area (Å²) < 4.78 is 6.27. The second-order valence-corrected chi connectivity index (χ2v) is 9.11. The number of aliphatic imine (C=N–C) groups is 2. The van der Waals surface area contributed by atoms with E-state index in [1.807, 2.05) is 91.1 Å². The van der Waals surface area contributed by atoms with Crippen LogP contribution in [0.15, 0.2) is 118 Å². The molecule has 0 saturated heterocycles. The van der Waals surface area contributed by atoms with Crippen molar-refractivity contribution in [3.8, 4) is 0 Å². The second-order valence-electron chi connectivity index (χ2n) is 8.70. The molecule has 0 aliphatic carbocycles. The van der Waals surface area contributed by atoms with Crippen molar-refractivity contribution in [2.45, 2.75) is 6.17 Å². The van der Waals surface area contributed by atoms with Crippen LogP contribution in [-0.4, -0.2) is 16.7 Å². The summed E-state index contributed by atoms with van der Waals surface area (Å²) in [6.45, 7) is 0. The number of hydrogen-bond donors (Lipinski definition) is 1. The van der Waals surface area contributed by atoms with Gasteiger partial charge in [0.1, 0.15) is 17.3 Å². The van der Waals surface area contributed by atoms with Gasteiger partial charge in [-0.25, -0.2) is 9.98 Å². The minimum atomic E-state index is -0.381. The molecule has 6 aromatic rings. The highest BCUT2D eigenvalue weighted by Crippen LogP contribution is 2.38. The van der Waals surface area contributed by atoms with Gasteiger partial charge in [-0.05, 0) is 41.3 Å². The van der Waals surface area contributed by atoms with Gasteiger partial charge in [-0.15, -0.1) is 0 Å². The Morgan fingerprint density at radius 1 is 0.778 bits per heavy atom. The van der Waals surface area contributed by atoms with Gasteiger partial charge < -0.3 is 9.73 Å². The number of hydrogen-bond acceptors (Lipinski definition) is 5. The average Bonchev–Trinajstić information content (AvgIpc) is 3.32. The summed E-state index contributed by atoms with van der Waals surface area (Å²) in [5.41, 5.74) is 4.31. The van der Waals surface area contributed by atoms with Gasteiger partial charge in [-0.1, -0.05) is 72.3 Å². The summed E-state index contributed by atoms with van der Waals surface area (Å²) in [6.07, 6.45) is 3.25. The zero-order valence-corrected chi connectivity index (χ0v) is 19.8. The number of furan rings is 1. The molecule has 0 bridgehead atoms. The Balaban J connectivity index is 1.47. The lowest BCUT2D eigenvalue weighted by atomic mass is 10.0. The number of aromatic nitrogens is 1. The fourth-order valence-electron chi connectivity index (χ4n) is 4.73. The van der Waals surface area contributed by atoms with Crippen LogP contribution >= 0.6 is 11.6 Å². The zero-order chi connectivity index (χ0) is 24.1. The summed E-state index contributed by atoms with van der Waals surface area (Å²) in [5, 5.41) is 8.04. The van der Waals surface area contributed by atoms with Crippen LogP contribution in [0.4, 0.5) is 0 Å². The third kappa shape index (κ3) is 3.44. The monoisotopic (exact) mass is 486 g/mol. The van der Waals surface area contributed by atoms with Crippen molar-refractivity contribution in [3.63, 3.8) is 0 Å². The molecular weight excluding hydrogens is 468 g/mol. The van der Waals surface area contributed by atoms with Crippen LogP contribution in [0.1, 0.15) is 22.9 Å². The fraction of sp³-hybridized carbons (Fsp3) is 0.0333. The minimum absolute atomic E-state index is 0.381. The Hall–Kier alpha value is -4.48. The molecule has 1 N–H and O–H groups in total. The summed E-state index contributed by atoms with van der Waals surface area (Å²) in [6, 6.07) is 30.2. The van der Waals surface area contributed by atoms with E-state index in [2.05, 4.69) is 16.4 Å². The number of fused-ring (bicyclic) bond motifs is 4. The van der Waals surface area contributed by atoms with E-state index >= 15 is 0 Å². The lowest BCUT2D eigenvalue weighted by Crippen LogP contribution is -2.36. The SMILES string of the molecule is Clc1ccc(C2=NC(c3ccccc3)N=C(c3ccccc3)N2)c2c1oc1cc3cnccc3cc12. The molecule has 3 heterocycles. The maximum absolute atomic E-state index is 6.63. The number of rotatable bonds is 3. The Labute approximate surface area is 211 Å². The van der Waals surface area contributed by atoms with Crippen molar-refractivity contribution in [2.75, 3.05) is 0 Å². The predicted molar refractivity (Wildman–Crippen MR) is 146 cm³/mol. The highest BCUT2D eigenvalue weighted by molar-refractivity contribution is 6.37. The Morgan fingerprint density at radius 2 is 1.56 bits per heavy atom. The molecule has 0 fully saturated rings. The van der Waals surface area contributed by atoms with E-state index in [1.54, 1.807) is 6.20 Å². The van der Waals surface area contributed by atoms with E-state index < -0.39 is 0 Å². The molecule has 0 radical (unpaired) electrons. The lowest BCUT2D eigenvalue weighted by Gasteiger charge is -2.22. The average molecular weight is 487 g/mol. The summed E-state index contributed by atoms with van der Waals surface area (Å²) >= 11 is 6.63. The van der Waals surface area contributed by atoms with Gasteiger partial charge in [0.15, 0.2) is 11.7 Å². The second kappa shape index (κ2) is 8.33. The van der Waals surface area contributed by atoms with E-state index in [9.17, 15) is 0 Å². The lowest BCUT2D eigenvalue weighted by molar-refractivity contribution is 0.669. The normalized spacial score (nSPS) is 15.6. The number of pyridine rings is 1. The topological polar surface area (TPSA) is 62.8 Å². The molecule has 0 saturated carbocycles. The summed E-state index contributed by atoms with van der Waals surface area (Å²) in [4.78, 5) is 14.2. The first-order valence-electron chi connectivity index (χ1n) is 11.7. The van der Waals surface area contributed by atoms with Crippen molar-refractivity contribution in [1.29, 1.82) is 0 Å². The minimum Gasteiger partial charge on any atom is -0.454 e. The first-order chi connectivity index (χ1) is 17.7. The van der Waals surface area contributed by atoms with Crippen LogP contribution in [0, 0.1) is 0 Å². The maximum atomic E-state index is 6.63. The molecular formula is C30H19ClN4O. The molecule has 1 aliphatic rings. The van der Waals surface area contributed by atoms with Crippen LogP contribution in [-0.2, 0) is 0 Å².